The zero-order valence-corrected chi connectivity index (χ0v) is 13.7. The van der Waals surface area contributed by atoms with Crippen LogP contribution in [-0.2, 0) is 20.7 Å². The summed E-state index contributed by atoms with van der Waals surface area (Å²) in [5.41, 5.74) is 1.83. The monoisotopic (exact) mass is 327 g/mol. The number of hydrogen-bond donors (Lipinski definition) is 1. The molecule has 0 radical (unpaired) electrons. The maximum absolute atomic E-state index is 11.7. The summed E-state index contributed by atoms with van der Waals surface area (Å²) in [6.07, 6.45) is 0.544. The van der Waals surface area contributed by atoms with E-state index in [9.17, 15) is 9.59 Å². The Morgan fingerprint density at radius 1 is 1.00 bits per heavy atom. The summed E-state index contributed by atoms with van der Waals surface area (Å²) in [6.45, 7) is 2.55. The van der Waals surface area contributed by atoms with Crippen LogP contribution in [0, 0.1) is 0 Å². The molecule has 5 heteroatoms. The third kappa shape index (κ3) is 6.12. The quantitative estimate of drug-likeness (QED) is 0.597. The van der Waals surface area contributed by atoms with Gasteiger partial charge in [-0.15, -0.1) is 0 Å². The van der Waals surface area contributed by atoms with Crippen molar-refractivity contribution in [1.82, 2.24) is 0 Å². The highest BCUT2D eigenvalue weighted by Gasteiger charge is 2.10. The van der Waals surface area contributed by atoms with Gasteiger partial charge in [0.25, 0.3) is 0 Å². The van der Waals surface area contributed by atoms with Crippen LogP contribution < -0.4 is 10.1 Å². The first-order valence-corrected chi connectivity index (χ1v) is 7.89. The summed E-state index contributed by atoms with van der Waals surface area (Å²) in [6, 6.07) is 17.2. The van der Waals surface area contributed by atoms with Gasteiger partial charge in [0.05, 0.1) is 13.2 Å². The smallest absolute Gasteiger partial charge is 0.315 e. The SMILES string of the molecule is CCOC(=O)CC(=O)Nc1ccc(OCCc2ccccc2)cc1. The Balaban J connectivity index is 1.76. The molecule has 2 aromatic rings. The van der Waals surface area contributed by atoms with Gasteiger partial charge in [0.1, 0.15) is 12.2 Å². The molecule has 2 rings (SSSR count). The molecule has 0 atom stereocenters. The fourth-order valence-corrected chi connectivity index (χ4v) is 2.11. The molecule has 1 N–H and O–H groups in total. The Morgan fingerprint density at radius 2 is 1.71 bits per heavy atom. The minimum Gasteiger partial charge on any atom is -0.493 e. The molecule has 5 nitrogen and oxygen atoms in total. The Hall–Kier alpha value is -2.82. The van der Waals surface area contributed by atoms with Crippen molar-refractivity contribution in [3.8, 4) is 5.75 Å². The third-order valence-corrected chi connectivity index (χ3v) is 3.25. The minimum absolute atomic E-state index is 0.265. The maximum Gasteiger partial charge on any atom is 0.315 e. The Labute approximate surface area is 141 Å². The number of carbonyl (C=O) groups excluding carboxylic acids is 2. The van der Waals surface area contributed by atoms with E-state index in [1.54, 1.807) is 31.2 Å². The Morgan fingerprint density at radius 3 is 2.38 bits per heavy atom. The summed E-state index contributed by atoms with van der Waals surface area (Å²) >= 11 is 0. The maximum atomic E-state index is 11.7. The Kier molecular flexibility index (Phi) is 6.83. The van der Waals surface area contributed by atoms with Crippen LogP contribution in [0.1, 0.15) is 18.9 Å². The van der Waals surface area contributed by atoms with Crippen LogP contribution >= 0.6 is 0 Å². The Bertz CT molecular complexity index is 653. The highest BCUT2D eigenvalue weighted by atomic mass is 16.5. The van der Waals surface area contributed by atoms with Gasteiger partial charge in [-0.1, -0.05) is 30.3 Å². The first-order valence-electron chi connectivity index (χ1n) is 7.89. The van der Waals surface area contributed by atoms with Crippen LogP contribution in [-0.4, -0.2) is 25.1 Å². The molecule has 0 aliphatic rings. The lowest BCUT2D eigenvalue weighted by atomic mass is 10.2. The number of hydrogen-bond acceptors (Lipinski definition) is 4. The van der Waals surface area contributed by atoms with E-state index in [4.69, 9.17) is 9.47 Å². The second kappa shape index (κ2) is 9.35. The molecule has 0 fully saturated rings. The van der Waals surface area contributed by atoms with Crippen LogP contribution in [0.4, 0.5) is 5.69 Å². The first kappa shape index (κ1) is 17.5. The van der Waals surface area contributed by atoms with Gasteiger partial charge >= 0.3 is 5.97 Å². The lowest BCUT2D eigenvalue weighted by Crippen LogP contribution is -2.18. The van der Waals surface area contributed by atoms with Gasteiger partial charge in [-0.25, -0.2) is 0 Å². The van der Waals surface area contributed by atoms with E-state index >= 15 is 0 Å². The van der Waals surface area contributed by atoms with Gasteiger partial charge in [-0.05, 0) is 36.8 Å². The highest BCUT2D eigenvalue weighted by molar-refractivity contribution is 6.01. The molecule has 0 aliphatic heterocycles. The number of nitrogens with one attached hydrogen (secondary N) is 1. The molecular weight excluding hydrogens is 306 g/mol. The van der Waals surface area contributed by atoms with Crippen molar-refractivity contribution in [1.29, 1.82) is 0 Å². The second-order valence-corrected chi connectivity index (χ2v) is 5.14. The van der Waals surface area contributed by atoms with Crippen molar-refractivity contribution in [2.45, 2.75) is 19.8 Å². The van der Waals surface area contributed by atoms with Crippen molar-refractivity contribution in [2.24, 2.45) is 0 Å². The topological polar surface area (TPSA) is 64.6 Å². The van der Waals surface area contributed by atoms with E-state index in [0.717, 1.165) is 12.2 Å². The van der Waals surface area contributed by atoms with E-state index in [0.29, 0.717) is 12.3 Å². The summed E-state index contributed by atoms with van der Waals surface area (Å²) < 4.78 is 10.4. The van der Waals surface area contributed by atoms with Crippen LogP contribution in [0.5, 0.6) is 5.75 Å². The standard InChI is InChI=1S/C19H21NO4/c1-2-23-19(22)14-18(21)20-16-8-10-17(11-9-16)24-13-12-15-6-4-3-5-7-15/h3-11H,2,12-14H2,1H3,(H,20,21). The van der Waals surface area contributed by atoms with Gasteiger partial charge in [0.2, 0.25) is 5.91 Å². The van der Waals surface area contributed by atoms with Crippen molar-refractivity contribution in [2.75, 3.05) is 18.5 Å². The molecule has 0 spiro atoms. The fourth-order valence-electron chi connectivity index (χ4n) is 2.11. The number of amides is 1. The third-order valence-electron chi connectivity index (χ3n) is 3.25. The zero-order chi connectivity index (χ0) is 17.2. The molecule has 0 heterocycles. The molecule has 0 aromatic heterocycles. The minimum atomic E-state index is -0.532. The van der Waals surface area contributed by atoms with E-state index in [1.807, 2.05) is 18.2 Å². The number of rotatable bonds is 8. The number of esters is 1. The lowest BCUT2D eigenvalue weighted by molar-refractivity contribution is -0.145. The number of carbonyl (C=O) groups is 2. The largest absolute Gasteiger partial charge is 0.493 e. The number of ether oxygens (including phenoxy) is 2. The zero-order valence-electron chi connectivity index (χ0n) is 13.7. The molecule has 2 aromatic carbocycles. The summed E-state index contributed by atoms with van der Waals surface area (Å²) in [5.74, 6) is -0.198. The average Bonchev–Trinajstić information content (AvgIpc) is 2.57. The van der Waals surface area contributed by atoms with E-state index in [1.165, 1.54) is 5.56 Å². The first-order chi connectivity index (χ1) is 11.7. The fraction of sp³-hybridized carbons (Fsp3) is 0.263. The van der Waals surface area contributed by atoms with Gasteiger partial charge in [0.15, 0.2) is 0 Å². The highest BCUT2D eigenvalue weighted by Crippen LogP contribution is 2.16. The molecule has 126 valence electrons. The molecular formula is C19H21NO4. The molecule has 0 saturated carbocycles. The van der Waals surface area contributed by atoms with Crippen LogP contribution in [0.2, 0.25) is 0 Å². The lowest BCUT2D eigenvalue weighted by Gasteiger charge is -2.08. The van der Waals surface area contributed by atoms with Crippen LogP contribution in [0.3, 0.4) is 0 Å². The van der Waals surface area contributed by atoms with Crippen LogP contribution in [0.15, 0.2) is 54.6 Å². The molecule has 0 aliphatic carbocycles. The van der Waals surface area contributed by atoms with E-state index in [-0.39, 0.29) is 13.0 Å². The summed E-state index contributed by atoms with van der Waals surface area (Å²) in [5, 5.41) is 2.65. The molecule has 1 amide bonds. The molecule has 0 saturated heterocycles. The van der Waals surface area contributed by atoms with Gasteiger partial charge in [0, 0.05) is 12.1 Å². The van der Waals surface area contributed by atoms with Crippen molar-refractivity contribution < 1.29 is 19.1 Å². The van der Waals surface area contributed by atoms with Crippen molar-refractivity contribution in [3.05, 3.63) is 60.2 Å². The van der Waals surface area contributed by atoms with E-state index < -0.39 is 11.9 Å². The van der Waals surface area contributed by atoms with Crippen molar-refractivity contribution in [3.63, 3.8) is 0 Å². The normalized spacial score (nSPS) is 10.0. The predicted molar refractivity (Wildman–Crippen MR) is 92.0 cm³/mol. The van der Waals surface area contributed by atoms with Crippen molar-refractivity contribution >= 4 is 17.6 Å². The van der Waals surface area contributed by atoms with Crippen LogP contribution in [0.25, 0.3) is 0 Å². The number of anilines is 1. The molecule has 24 heavy (non-hydrogen) atoms. The number of benzene rings is 2. The summed E-state index contributed by atoms with van der Waals surface area (Å²) in [7, 11) is 0. The van der Waals surface area contributed by atoms with Gasteiger partial charge in [-0.2, -0.15) is 0 Å². The van der Waals surface area contributed by atoms with Gasteiger partial charge in [-0.3, -0.25) is 9.59 Å². The summed E-state index contributed by atoms with van der Waals surface area (Å²) in [4.78, 5) is 22.9. The van der Waals surface area contributed by atoms with E-state index in [2.05, 4.69) is 17.4 Å². The molecule has 0 unspecified atom stereocenters. The molecule has 0 bridgehead atoms. The predicted octanol–water partition coefficient (Wildman–Crippen LogP) is 3.20. The average molecular weight is 327 g/mol. The second-order valence-electron chi connectivity index (χ2n) is 5.14. The van der Waals surface area contributed by atoms with Gasteiger partial charge < -0.3 is 14.8 Å².